The van der Waals surface area contributed by atoms with E-state index in [0.717, 1.165) is 24.7 Å². The molecule has 1 aliphatic rings. The molecule has 5 rings (SSSR count). The minimum Gasteiger partial charge on any atom is -0.497 e. The molecule has 0 bridgehead atoms. The lowest BCUT2D eigenvalue weighted by Gasteiger charge is -2.18. The third-order valence-corrected chi connectivity index (χ3v) is 7.22. The summed E-state index contributed by atoms with van der Waals surface area (Å²) in [4.78, 5) is 2.48. The maximum Gasteiger partial charge on any atom is 0.119 e. The third kappa shape index (κ3) is 5.32. The quantitative estimate of drug-likeness (QED) is 0.244. The van der Waals surface area contributed by atoms with Gasteiger partial charge in [-0.05, 0) is 103 Å². The SMILES string of the molecule is COc1ccc(/C(=C(/C)c2ccc(OCCN3CCCC3)cc2)c2cccc3cc(C)ccc23)cc1. The van der Waals surface area contributed by atoms with Gasteiger partial charge < -0.3 is 9.47 Å². The number of rotatable bonds is 8. The zero-order chi connectivity index (χ0) is 24.9. The molecule has 1 aliphatic heterocycles. The molecule has 1 saturated heterocycles. The van der Waals surface area contributed by atoms with Gasteiger partial charge in [-0.15, -0.1) is 0 Å². The Morgan fingerprint density at radius 3 is 2.22 bits per heavy atom. The van der Waals surface area contributed by atoms with Crippen molar-refractivity contribution in [2.75, 3.05) is 33.4 Å². The fraction of sp³-hybridized carbons (Fsp3) is 0.273. The predicted molar refractivity (Wildman–Crippen MR) is 151 cm³/mol. The van der Waals surface area contributed by atoms with Crippen molar-refractivity contribution in [3.63, 3.8) is 0 Å². The molecule has 0 radical (unpaired) electrons. The van der Waals surface area contributed by atoms with Gasteiger partial charge in [0.15, 0.2) is 0 Å². The summed E-state index contributed by atoms with van der Waals surface area (Å²) in [7, 11) is 1.71. The van der Waals surface area contributed by atoms with Crippen molar-refractivity contribution in [1.82, 2.24) is 4.90 Å². The van der Waals surface area contributed by atoms with Crippen LogP contribution in [0, 0.1) is 6.92 Å². The predicted octanol–water partition coefficient (Wildman–Crippen LogP) is 7.61. The molecule has 36 heavy (non-hydrogen) atoms. The number of methoxy groups -OCH3 is 1. The molecule has 0 aromatic heterocycles. The molecule has 0 saturated carbocycles. The molecule has 184 valence electrons. The van der Waals surface area contributed by atoms with Crippen molar-refractivity contribution < 1.29 is 9.47 Å². The van der Waals surface area contributed by atoms with E-state index >= 15 is 0 Å². The van der Waals surface area contributed by atoms with Crippen LogP contribution in [-0.2, 0) is 0 Å². The van der Waals surface area contributed by atoms with E-state index in [2.05, 4.69) is 91.5 Å². The van der Waals surface area contributed by atoms with Crippen molar-refractivity contribution in [3.05, 3.63) is 107 Å². The van der Waals surface area contributed by atoms with Crippen LogP contribution < -0.4 is 9.47 Å². The van der Waals surface area contributed by atoms with Crippen molar-refractivity contribution in [2.24, 2.45) is 0 Å². The Kier molecular flexibility index (Phi) is 7.39. The van der Waals surface area contributed by atoms with Gasteiger partial charge in [0.2, 0.25) is 0 Å². The first-order valence-corrected chi connectivity index (χ1v) is 12.9. The van der Waals surface area contributed by atoms with Gasteiger partial charge in [-0.1, -0.05) is 66.2 Å². The normalized spacial score (nSPS) is 14.6. The minimum atomic E-state index is 0.737. The Morgan fingerprint density at radius 1 is 0.806 bits per heavy atom. The maximum absolute atomic E-state index is 6.06. The molecule has 0 N–H and O–H groups in total. The number of hydrogen-bond donors (Lipinski definition) is 0. The van der Waals surface area contributed by atoms with E-state index in [1.54, 1.807) is 7.11 Å². The molecular weight excluding hydrogens is 442 g/mol. The molecule has 1 fully saturated rings. The van der Waals surface area contributed by atoms with E-state index < -0.39 is 0 Å². The van der Waals surface area contributed by atoms with Crippen molar-refractivity contribution in [1.29, 1.82) is 0 Å². The second-order valence-corrected chi connectivity index (χ2v) is 9.68. The summed E-state index contributed by atoms with van der Waals surface area (Å²) in [6.07, 6.45) is 2.63. The van der Waals surface area contributed by atoms with Crippen LogP contribution in [0.5, 0.6) is 11.5 Å². The van der Waals surface area contributed by atoms with Crippen LogP contribution in [0.1, 0.15) is 42.0 Å². The molecule has 1 heterocycles. The van der Waals surface area contributed by atoms with E-state index in [9.17, 15) is 0 Å². The Balaban J connectivity index is 1.51. The second kappa shape index (κ2) is 11.0. The van der Waals surface area contributed by atoms with Crippen molar-refractivity contribution >= 4 is 21.9 Å². The molecule has 0 amide bonds. The Bertz CT molecular complexity index is 1350. The summed E-state index contributed by atoms with van der Waals surface area (Å²) in [5, 5.41) is 2.52. The number of benzene rings is 4. The molecule has 4 aromatic rings. The molecule has 0 spiro atoms. The van der Waals surface area contributed by atoms with Crippen LogP contribution in [0.2, 0.25) is 0 Å². The van der Waals surface area contributed by atoms with Gasteiger partial charge in [0.05, 0.1) is 7.11 Å². The standard InChI is InChI=1S/C33H35NO2/c1-24-9-18-31-28(23-24)7-6-8-32(31)33(27-12-14-29(35-3)15-13-27)25(2)26-10-16-30(17-11-26)36-22-21-34-19-4-5-20-34/h6-18,23H,4-5,19-22H2,1-3H3/b33-25+. The highest BCUT2D eigenvalue weighted by Gasteiger charge is 2.15. The van der Waals surface area contributed by atoms with Gasteiger partial charge in [-0.2, -0.15) is 0 Å². The molecule has 0 unspecified atom stereocenters. The summed E-state index contributed by atoms with van der Waals surface area (Å²) in [6, 6.07) is 30.2. The average Bonchev–Trinajstić information content (AvgIpc) is 3.43. The Morgan fingerprint density at radius 2 is 1.50 bits per heavy atom. The van der Waals surface area contributed by atoms with E-state index in [4.69, 9.17) is 9.47 Å². The number of aryl methyl sites for hydroxylation is 1. The van der Waals surface area contributed by atoms with Crippen molar-refractivity contribution in [2.45, 2.75) is 26.7 Å². The summed E-state index contributed by atoms with van der Waals surface area (Å²) >= 11 is 0. The lowest BCUT2D eigenvalue weighted by atomic mass is 9.87. The topological polar surface area (TPSA) is 21.7 Å². The van der Waals surface area contributed by atoms with E-state index in [1.807, 2.05) is 12.1 Å². The zero-order valence-electron chi connectivity index (χ0n) is 21.6. The fourth-order valence-electron chi connectivity index (χ4n) is 5.20. The average molecular weight is 478 g/mol. The highest BCUT2D eigenvalue weighted by Crippen LogP contribution is 2.37. The number of likely N-dealkylation sites (tertiary alicyclic amines) is 1. The molecule has 4 aromatic carbocycles. The molecule has 0 aliphatic carbocycles. The van der Waals surface area contributed by atoms with Crippen LogP contribution in [0.15, 0.2) is 84.9 Å². The van der Waals surface area contributed by atoms with Crippen LogP contribution in [0.25, 0.3) is 21.9 Å². The van der Waals surface area contributed by atoms with E-state index in [-0.39, 0.29) is 0 Å². The van der Waals surface area contributed by atoms with Gasteiger partial charge in [0.25, 0.3) is 0 Å². The van der Waals surface area contributed by atoms with Gasteiger partial charge in [0, 0.05) is 6.54 Å². The first-order valence-electron chi connectivity index (χ1n) is 12.9. The zero-order valence-corrected chi connectivity index (χ0v) is 21.6. The fourth-order valence-corrected chi connectivity index (χ4v) is 5.20. The van der Waals surface area contributed by atoms with Gasteiger partial charge >= 0.3 is 0 Å². The Labute approximate surface area is 215 Å². The Hall–Kier alpha value is -3.56. The second-order valence-electron chi connectivity index (χ2n) is 9.68. The lowest BCUT2D eigenvalue weighted by molar-refractivity contribution is 0.238. The molecule has 3 nitrogen and oxygen atoms in total. The monoisotopic (exact) mass is 477 g/mol. The maximum atomic E-state index is 6.06. The van der Waals surface area contributed by atoms with Gasteiger partial charge in [0.1, 0.15) is 18.1 Å². The molecule has 3 heteroatoms. The van der Waals surface area contributed by atoms with Crippen LogP contribution in [-0.4, -0.2) is 38.3 Å². The van der Waals surface area contributed by atoms with E-state index in [0.29, 0.717) is 0 Å². The third-order valence-electron chi connectivity index (χ3n) is 7.22. The van der Waals surface area contributed by atoms with E-state index in [1.165, 1.54) is 70.1 Å². The lowest BCUT2D eigenvalue weighted by Crippen LogP contribution is -2.25. The number of hydrogen-bond acceptors (Lipinski definition) is 3. The van der Waals surface area contributed by atoms with Crippen LogP contribution >= 0.6 is 0 Å². The highest BCUT2D eigenvalue weighted by molar-refractivity contribution is 6.06. The number of fused-ring (bicyclic) bond motifs is 1. The highest BCUT2D eigenvalue weighted by atomic mass is 16.5. The summed E-state index contributed by atoms with van der Waals surface area (Å²) in [5.74, 6) is 1.79. The van der Waals surface area contributed by atoms with Crippen LogP contribution in [0.4, 0.5) is 0 Å². The van der Waals surface area contributed by atoms with Crippen LogP contribution in [0.3, 0.4) is 0 Å². The van der Waals surface area contributed by atoms with Gasteiger partial charge in [-0.3, -0.25) is 4.90 Å². The number of ether oxygens (including phenoxy) is 2. The largest absolute Gasteiger partial charge is 0.497 e. The first kappa shape index (κ1) is 24.1. The first-order chi connectivity index (χ1) is 17.6. The van der Waals surface area contributed by atoms with Gasteiger partial charge in [-0.25, -0.2) is 0 Å². The minimum absolute atomic E-state index is 0.737. The molecular formula is C33H35NO2. The summed E-state index contributed by atoms with van der Waals surface area (Å²) in [5.41, 5.74) is 7.34. The smallest absolute Gasteiger partial charge is 0.119 e. The summed E-state index contributed by atoms with van der Waals surface area (Å²) < 4.78 is 11.5. The number of nitrogens with zero attached hydrogens (tertiary/aromatic N) is 1. The summed E-state index contributed by atoms with van der Waals surface area (Å²) in [6.45, 7) is 8.51. The van der Waals surface area contributed by atoms with Crippen molar-refractivity contribution in [3.8, 4) is 11.5 Å². The number of allylic oxidation sites excluding steroid dienone is 1. The molecule has 0 atom stereocenters.